The Morgan fingerprint density at radius 3 is 2.93 bits per heavy atom. The molecular weight excluding hydrogens is 208 g/mol. The van der Waals surface area contributed by atoms with E-state index in [4.69, 9.17) is 0 Å². The maximum absolute atomic E-state index is 11.8. The molecule has 0 aromatic heterocycles. The molecule has 0 spiro atoms. The molecule has 1 amide bonds. The average molecular weight is 230 g/mol. The van der Waals surface area contributed by atoms with Gasteiger partial charge in [0.15, 0.2) is 0 Å². The van der Waals surface area contributed by atoms with Crippen molar-refractivity contribution in [3.05, 3.63) is 0 Å². The number of carbonyl (C=O) groups is 1. The van der Waals surface area contributed by atoms with Crippen molar-refractivity contribution in [1.29, 1.82) is 0 Å². The Bertz CT molecular complexity index is 193. The van der Waals surface area contributed by atoms with E-state index >= 15 is 0 Å². The summed E-state index contributed by atoms with van der Waals surface area (Å²) < 4.78 is 0. The standard InChI is InChI=1S/C11H22N2OS/c1-13(10-6-7-12-9-10)11(14)5-3-4-8-15-2/h10,12H,3-9H2,1-2H3. The molecule has 1 rings (SSSR count). The van der Waals surface area contributed by atoms with Crippen LogP contribution in [0, 0.1) is 0 Å². The SMILES string of the molecule is CSCCCCC(=O)N(C)C1CCNC1. The number of amides is 1. The largest absolute Gasteiger partial charge is 0.341 e. The van der Waals surface area contributed by atoms with Crippen molar-refractivity contribution in [3.8, 4) is 0 Å². The Hall–Kier alpha value is -0.220. The van der Waals surface area contributed by atoms with Crippen LogP contribution in [0.1, 0.15) is 25.7 Å². The van der Waals surface area contributed by atoms with Gasteiger partial charge in [-0.25, -0.2) is 0 Å². The molecule has 1 fully saturated rings. The van der Waals surface area contributed by atoms with E-state index in [1.165, 1.54) is 5.75 Å². The fourth-order valence-corrected chi connectivity index (χ4v) is 2.37. The molecule has 1 unspecified atom stereocenters. The molecule has 15 heavy (non-hydrogen) atoms. The van der Waals surface area contributed by atoms with Crippen LogP contribution in [0.4, 0.5) is 0 Å². The van der Waals surface area contributed by atoms with E-state index < -0.39 is 0 Å². The summed E-state index contributed by atoms with van der Waals surface area (Å²) in [5, 5.41) is 3.29. The van der Waals surface area contributed by atoms with Gasteiger partial charge in [0.2, 0.25) is 5.91 Å². The summed E-state index contributed by atoms with van der Waals surface area (Å²) in [5.74, 6) is 1.48. The second kappa shape index (κ2) is 7.12. The zero-order valence-electron chi connectivity index (χ0n) is 9.79. The average Bonchev–Trinajstić information content (AvgIpc) is 2.76. The van der Waals surface area contributed by atoms with Gasteiger partial charge in [-0.05, 0) is 37.8 Å². The fourth-order valence-electron chi connectivity index (χ4n) is 1.87. The molecule has 0 aliphatic carbocycles. The molecule has 1 saturated heterocycles. The Balaban J connectivity index is 2.14. The van der Waals surface area contributed by atoms with Gasteiger partial charge in [-0.1, -0.05) is 0 Å². The molecule has 1 atom stereocenters. The Morgan fingerprint density at radius 2 is 2.33 bits per heavy atom. The molecule has 1 N–H and O–H groups in total. The van der Waals surface area contributed by atoms with E-state index in [1.54, 1.807) is 0 Å². The van der Waals surface area contributed by atoms with Crippen LogP contribution >= 0.6 is 11.8 Å². The zero-order valence-corrected chi connectivity index (χ0v) is 10.6. The number of nitrogens with zero attached hydrogens (tertiary/aromatic N) is 1. The van der Waals surface area contributed by atoms with Crippen LogP contribution in [0.25, 0.3) is 0 Å². The molecule has 4 heteroatoms. The minimum absolute atomic E-state index is 0.310. The lowest BCUT2D eigenvalue weighted by molar-refractivity contribution is -0.131. The van der Waals surface area contributed by atoms with Gasteiger partial charge in [0.25, 0.3) is 0 Å². The molecule has 0 aromatic carbocycles. The molecule has 1 aliphatic rings. The monoisotopic (exact) mass is 230 g/mol. The first-order chi connectivity index (χ1) is 7.25. The first-order valence-corrected chi connectivity index (χ1v) is 7.10. The van der Waals surface area contributed by atoms with E-state index in [9.17, 15) is 4.79 Å². The lowest BCUT2D eigenvalue weighted by atomic mass is 10.2. The van der Waals surface area contributed by atoms with Gasteiger partial charge in [-0.2, -0.15) is 11.8 Å². The molecule has 88 valence electrons. The molecule has 0 saturated carbocycles. The quantitative estimate of drug-likeness (QED) is 0.699. The first-order valence-electron chi connectivity index (χ1n) is 5.71. The summed E-state index contributed by atoms with van der Waals surface area (Å²) in [7, 11) is 1.94. The van der Waals surface area contributed by atoms with Crippen LogP contribution in [0.5, 0.6) is 0 Å². The Labute approximate surface area is 97.0 Å². The van der Waals surface area contributed by atoms with E-state index in [2.05, 4.69) is 11.6 Å². The van der Waals surface area contributed by atoms with Gasteiger partial charge in [0.1, 0.15) is 0 Å². The highest BCUT2D eigenvalue weighted by molar-refractivity contribution is 7.98. The number of likely N-dealkylation sites (N-methyl/N-ethyl adjacent to an activating group) is 1. The predicted molar refractivity (Wildman–Crippen MR) is 66.3 cm³/mol. The van der Waals surface area contributed by atoms with Crippen LogP contribution in [0.15, 0.2) is 0 Å². The van der Waals surface area contributed by atoms with Crippen molar-refractivity contribution in [2.45, 2.75) is 31.7 Å². The van der Waals surface area contributed by atoms with Gasteiger partial charge in [-0.3, -0.25) is 4.79 Å². The van der Waals surface area contributed by atoms with E-state index in [0.717, 1.165) is 32.4 Å². The van der Waals surface area contributed by atoms with Crippen molar-refractivity contribution in [1.82, 2.24) is 10.2 Å². The second-order valence-electron chi connectivity index (χ2n) is 4.10. The van der Waals surface area contributed by atoms with Crippen LogP contribution < -0.4 is 5.32 Å². The molecule has 0 bridgehead atoms. The molecular formula is C11H22N2OS. The minimum Gasteiger partial charge on any atom is -0.341 e. The molecule has 3 nitrogen and oxygen atoms in total. The number of unbranched alkanes of at least 4 members (excludes halogenated alkanes) is 1. The maximum Gasteiger partial charge on any atom is 0.222 e. The number of hydrogen-bond donors (Lipinski definition) is 1. The van der Waals surface area contributed by atoms with Crippen molar-refractivity contribution in [2.24, 2.45) is 0 Å². The Morgan fingerprint density at radius 1 is 1.53 bits per heavy atom. The predicted octanol–water partition coefficient (Wildman–Crippen LogP) is 1.34. The van der Waals surface area contributed by atoms with E-state index in [1.807, 2.05) is 23.7 Å². The lowest BCUT2D eigenvalue weighted by Crippen LogP contribution is -2.38. The molecule has 1 aliphatic heterocycles. The highest BCUT2D eigenvalue weighted by Gasteiger charge is 2.22. The summed E-state index contributed by atoms with van der Waals surface area (Å²) in [6.45, 7) is 2.02. The van der Waals surface area contributed by atoms with E-state index in [0.29, 0.717) is 18.4 Å². The third-order valence-electron chi connectivity index (χ3n) is 2.96. The van der Waals surface area contributed by atoms with Crippen molar-refractivity contribution >= 4 is 17.7 Å². The van der Waals surface area contributed by atoms with Crippen molar-refractivity contribution in [3.63, 3.8) is 0 Å². The highest BCUT2D eigenvalue weighted by atomic mass is 32.2. The molecule has 1 heterocycles. The topological polar surface area (TPSA) is 32.3 Å². The van der Waals surface area contributed by atoms with Crippen LogP contribution in [0.3, 0.4) is 0 Å². The normalized spacial score (nSPS) is 20.5. The summed E-state index contributed by atoms with van der Waals surface area (Å²) in [5.41, 5.74) is 0. The smallest absolute Gasteiger partial charge is 0.222 e. The lowest BCUT2D eigenvalue weighted by Gasteiger charge is -2.23. The summed E-state index contributed by atoms with van der Waals surface area (Å²) >= 11 is 1.85. The van der Waals surface area contributed by atoms with Gasteiger partial charge in [0, 0.05) is 26.1 Å². The third kappa shape index (κ3) is 4.43. The maximum atomic E-state index is 11.8. The Kier molecular flexibility index (Phi) is 6.10. The molecule has 0 radical (unpaired) electrons. The number of nitrogens with one attached hydrogen (secondary N) is 1. The minimum atomic E-state index is 0.310. The van der Waals surface area contributed by atoms with Gasteiger partial charge < -0.3 is 10.2 Å². The van der Waals surface area contributed by atoms with Crippen molar-refractivity contribution in [2.75, 3.05) is 32.1 Å². The molecule has 0 aromatic rings. The number of thioether (sulfide) groups is 1. The third-order valence-corrected chi connectivity index (χ3v) is 3.66. The first kappa shape index (κ1) is 12.8. The zero-order chi connectivity index (χ0) is 11.1. The number of hydrogen-bond acceptors (Lipinski definition) is 3. The summed E-state index contributed by atoms with van der Waals surface area (Å²) in [6.07, 6.45) is 6.12. The summed E-state index contributed by atoms with van der Waals surface area (Å²) in [4.78, 5) is 13.7. The van der Waals surface area contributed by atoms with Gasteiger partial charge in [0.05, 0.1) is 0 Å². The van der Waals surface area contributed by atoms with Crippen LogP contribution in [0.2, 0.25) is 0 Å². The van der Waals surface area contributed by atoms with Crippen LogP contribution in [-0.4, -0.2) is 49.0 Å². The van der Waals surface area contributed by atoms with Crippen molar-refractivity contribution < 1.29 is 4.79 Å². The number of carbonyl (C=O) groups excluding carboxylic acids is 1. The summed E-state index contributed by atoms with van der Waals surface area (Å²) in [6, 6.07) is 0.429. The van der Waals surface area contributed by atoms with Gasteiger partial charge in [-0.15, -0.1) is 0 Å². The van der Waals surface area contributed by atoms with Gasteiger partial charge >= 0.3 is 0 Å². The van der Waals surface area contributed by atoms with Crippen LogP contribution in [-0.2, 0) is 4.79 Å². The highest BCUT2D eigenvalue weighted by Crippen LogP contribution is 2.10. The second-order valence-corrected chi connectivity index (χ2v) is 5.09. The van der Waals surface area contributed by atoms with E-state index in [-0.39, 0.29) is 0 Å². The number of rotatable bonds is 6. The fraction of sp³-hybridized carbons (Fsp3) is 0.909.